The molecule has 2 aromatic rings. The molecule has 0 radical (unpaired) electrons. The summed E-state index contributed by atoms with van der Waals surface area (Å²) in [5.74, 6) is 0.135. The molecule has 3 N–H and O–H groups in total. The fourth-order valence-corrected chi connectivity index (χ4v) is 3.77. The summed E-state index contributed by atoms with van der Waals surface area (Å²) < 4.78 is 16.8. The lowest BCUT2D eigenvalue weighted by Crippen LogP contribution is -2.37. The molecule has 1 aromatic carbocycles. The zero-order chi connectivity index (χ0) is 29.3. The number of aromatic nitrogens is 1. The highest BCUT2D eigenvalue weighted by Gasteiger charge is 2.19. The van der Waals surface area contributed by atoms with E-state index in [0.717, 1.165) is 12.0 Å². The number of nitrogens with zero attached hydrogens (tertiary/aromatic N) is 3. The van der Waals surface area contributed by atoms with Crippen LogP contribution < -0.4 is 10.1 Å². The highest BCUT2D eigenvalue weighted by atomic mass is 79.9. The first-order valence-electron chi connectivity index (χ1n) is 12.4. The molecule has 0 aliphatic rings. The summed E-state index contributed by atoms with van der Waals surface area (Å²) >= 11 is 3.28. The van der Waals surface area contributed by atoms with Crippen LogP contribution in [0.5, 0.6) is 5.75 Å². The number of carbonyl (C=O) groups excluding carboxylic acids is 1. The number of carboxylic acid groups (broad SMARTS) is 2. The number of benzene rings is 1. The Balaban J connectivity index is 1.77. The van der Waals surface area contributed by atoms with Crippen LogP contribution >= 0.6 is 15.9 Å². The number of carbonyl (C=O) groups is 3. The summed E-state index contributed by atoms with van der Waals surface area (Å²) in [6.45, 7) is 2.62. The molecule has 2 rings (SSSR count). The van der Waals surface area contributed by atoms with Gasteiger partial charge in [-0.1, -0.05) is 31.5 Å². The maximum absolute atomic E-state index is 12.8. The molecule has 13 heteroatoms. The van der Waals surface area contributed by atoms with Gasteiger partial charge in [-0.05, 0) is 58.3 Å². The zero-order valence-electron chi connectivity index (χ0n) is 21.9. The van der Waals surface area contributed by atoms with Gasteiger partial charge in [0.1, 0.15) is 28.6 Å². The van der Waals surface area contributed by atoms with Crippen LogP contribution in [-0.2, 0) is 14.3 Å². The normalized spacial score (nSPS) is 11.8. The molecule has 0 saturated carbocycles. The van der Waals surface area contributed by atoms with Crippen molar-refractivity contribution in [3.63, 3.8) is 0 Å². The van der Waals surface area contributed by atoms with Crippen molar-refractivity contribution in [2.24, 2.45) is 0 Å². The van der Waals surface area contributed by atoms with Crippen LogP contribution in [0.4, 0.5) is 9.59 Å². The third-order valence-electron chi connectivity index (χ3n) is 5.35. The standard InChI is InChI=1S/C27H31BrN4O8/c1-2-4-23(31-25(33)20(18-29)17-21-5-3-6-24(28)30-21)19-7-9-22(10-8-19)40-16-15-39-14-13-38-12-11-32(26(34)35)27(36)37/h3,5-10,17,23H,2,4,11-16H2,1H3,(H,31,33)(H,34,35)(H,36,37). The van der Waals surface area contributed by atoms with Crippen molar-refractivity contribution < 1.29 is 38.8 Å². The van der Waals surface area contributed by atoms with Gasteiger partial charge in [0.05, 0.1) is 44.7 Å². The third-order valence-corrected chi connectivity index (χ3v) is 5.79. The summed E-state index contributed by atoms with van der Waals surface area (Å²) in [5.41, 5.74) is 1.33. The number of hydrogen-bond acceptors (Lipinski definition) is 8. The second-order valence-electron chi connectivity index (χ2n) is 8.23. The zero-order valence-corrected chi connectivity index (χ0v) is 23.5. The highest BCUT2D eigenvalue weighted by Crippen LogP contribution is 2.22. The maximum Gasteiger partial charge on any atom is 0.416 e. The van der Waals surface area contributed by atoms with Gasteiger partial charge in [-0.15, -0.1) is 0 Å². The molecule has 0 bridgehead atoms. The van der Waals surface area contributed by atoms with Crippen LogP contribution in [0, 0.1) is 11.3 Å². The van der Waals surface area contributed by atoms with Crippen LogP contribution in [0.15, 0.2) is 52.6 Å². The number of ether oxygens (including phenoxy) is 3. The molecule has 0 saturated heterocycles. The van der Waals surface area contributed by atoms with E-state index in [1.54, 1.807) is 30.3 Å². The van der Waals surface area contributed by atoms with Gasteiger partial charge in [0.25, 0.3) is 5.91 Å². The summed E-state index contributed by atoms with van der Waals surface area (Å²) in [6, 6.07) is 14.2. The Morgan fingerprint density at radius 3 is 2.30 bits per heavy atom. The van der Waals surface area contributed by atoms with Crippen molar-refractivity contribution in [3.8, 4) is 11.8 Å². The van der Waals surface area contributed by atoms with Crippen LogP contribution in [0.1, 0.15) is 37.1 Å². The molecule has 3 amide bonds. The van der Waals surface area contributed by atoms with E-state index in [1.807, 2.05) is 25.1 Å². The predicted octanol–water partition coefficient (Wildman–Crippen LogP) is 4.48. The van der Waals surface area contributed by atoms with Crippen molar-refractivity contribution in [2.75, 3.05) is 39.6 Å². The van der Waals surface area contributed by atoms with Crippen LogP contribution in [-0.4, -0.2) is 77.8 Å². The first kappa shape index (κ1) is 32.2. The first-order chi connectivity index (χ1) is 19.2. The quantitative estimate of drug-likeness (QED) is 0.105. The minimum Gasteiger partial charge on any atom is -0.491 e. The molecule has 12 nitrogen and oxygen atoms in total. The van der Waals surface area contributed by atoms with Crippen LogP contribution in [0.3, 0.4) is 0 Å². The fourth-order valence-electron chi connectivity index (χ4n) is 3.41. The fraction of sp³-hybridized carbons (Fsp3) is 0.370. The molecule has 0 aliphatic carbocycles. The molecule has 1 heterocycles. The Morgan fingerprint density at radius 2 is 1.70 bits per heavy atom. The summed E-state index contributed by atoms with van der Waals surface area (Å²) in [4.78, 5) is 38.8. The first-order valence-corrected chi connectivity index (χ1v) is 13.2. The summed E-state index contributed by atoms with van der Waals surface area (Å²) in [7, 11) is 0. The number of nitriles is 1. The molecule has 0 aliphatic heterocycles. The molecule has 214 valence electrons. The molecule has 1 atom stereocenters. The number of rotatable bonds is 16. The monoisotopic (exact) mass is 618 g/mol. The van der Waals surface area contributed by atoms with E-state index < -0.39 is 18.1 Å². The lowest BCUT2D eigenvalue weighted by Gasteiger charge is -2.19. The molecular formula is C27H31BrN4O8. The average Bonchev–Trinajstić information content (AvgIpc) is 2.92. The highest BCUT2D eigenvalue weighted by molar-refractivity contribution is 9.10. The van der Waals surface area contributed by atoms with Crippen molar-refractivity contribution in [1.29, 1.82) is 5.26 Å². The lowest BCUT2D eigenvalue weighted by molar-refractivity contribution is -0.117. The smallest absolute Gasteiger partial charge is 0.416 e. The molecule has 40 heavy (non-hydrogen) atoms. The Morgan fingerprint density at radius 1 is 1.05 bits per heavy atom. The second-order valence-corrected chi connectivity index (χ2v) is 9.04. The minimum atomic E-state index is -1.56. The van der Waals surface area contributed by atoms with Gasteiger partial charge in [0.15, 0.2) is 0 Å². The van der Waals surface area contributed by atoms with Gasteiger partial charge in [0.2, 0.25) is 0 Å². The SMILES string of the molecule is CCCC(NC(=O)C(C#N)=Cc1cccc(Br)n1)c1ccc(OCCOCCOCCN(C(=O)O)C(=O)O)cc1. The Labute approximate surface area is 240 Å². The number of imide groups is 1. The van der Waals surface area contributed by atoms with E-state index in [-0.39, 0.29) is 56.1 Å². The predicted molar refractivity (Wildman–Crippen MR) is 148 cm³/mol. The number of nitrogens with one attached hydrogen (secondary N) is 1. The topological polar surface area (TPSA) is 171 Å². The summed E-state index contributed by atoms with van der Waals surface area (Å²) in [5, 5.41) is 29.9. The van der Waals surface area contributed by atoms with Crippen molar-refractivity contribution in [2.45, 2.75) is 25.8 Å². The van der Waals surface area contributed by atoms with E-state index in [0.29, 0.717) is 22.5 Å². The van der Waals surface area contributed by atoms with E-state index >= 15 is 0 Å². The number of halogens is 1. The largest absolute Gasteiger partial charge is 0.491 e. The molecule has 1 aromatic heterocycles. The van der Waals surface area contributed by atoms with Crippen molar-refractivity contribution in [3.05, 3.63) is 63.9 Å². The van der Waals surface area contributed by atoms with Gasteiger partial charge >= 0.3 is 12.2 Å². The van der Waals surface area contributed by atoms with Gasteiger partial charge in [-0.25, -0.2) is 19.5 Å². The molecule has 0 fully saturated rings. The van der Waals surface area contributed by atoms with E-state index in [2.05, 4.69) is 26.2 Å². The number of pyridine rings is 1. The van der Waals surface area contributed by atoms with Gasteiger partial charge < -0.3 is 29.7 Å². The number of amides is 3. The van der Waals surface area contributed by atoms with Gasteiger partial charge in [0, 0.05) is 0 Å². The molecule has 0 spiro atoms. The third kappa shape index (κ3) is 11.4. The van der Waals surface area contributed by atoms with Crippen LogP contribution in [0.25, 0.3) is 6.08 Å². The van der Waals surface area contributed by atoms with E-state index in [9.17, 15) is 19.6 Å². The maximum atomic E-state index is 12.8. The minimum absolute atomic E-state index is 0.0421. The summed E-state index contributed by atoms with van der Waals surface area (Å²) in [6.07, 6.45) is -0.168. The lowest BCUT2D eigenvalue weighted by atomic mass is 10.0. The van der Waals surface area contributed by atoms with Crippen molar-refractivity contribution in [1.82, 2.24) is 15.2 Å². The average molecular weight is 619 g/mol. The Hall–Kier alpha value is -3.99. The molecule has 1 unspecified atom stereocenters. The van der Waals surface area contributed by atoms with E-state index in [1.165, 1.54) is 6.08 Å². The Kier molecular flexibility index (Phi) is 14.2. The van der Waals surface area contributed by atoms with Crippen LogP contribution in [0.2, 0.25) is 0 Å². The molecular weight excluding hydrogens is 588 g/mol. The van der Waals surface area contributed by atoms with E-state index in [4.69, 9.17) is 24.4 Å². The van der Waals surface area contributed by atoms with Gasteiger partial charge in [-0.3, -0.25) is 4.79 Å². The second kappa shape index (κ2) is 17.6. The van der Waals surface area contributed by atoms with Gasteiger partial charge in [-0.2, -0.15) is 5.26 Å². The number of hydrogen-bond donors (Lipinski definition) is 3. The van der Waals surface area contributed by atoms with Crippen molar-refractivity contribution >= 4 is 40.1 Å². The Bertz CT molecular complexity index is 1190.